The number of hydrogen-bond donors (Lipinski definition) is 1. The van der Waals surface area contributed by atoms with Crippen LogP contribution in [0.3, 0.4) is 0 Å². The third kappa shape index (κ3) is 1.98. The molecule has 0 spiro atoms. The molecule has 3 aromatic rings. The molecule has 0 aliphatic carbocycles. The molecule has 0 unspecified atom stereocenters. The van der Waals surface area contributed by atoms with Gasteiger partial charge < -0.3 is 0 Å². The predicted octanol–water partition coefficient (Wildman–Crippen LogP) is 2.55. The van der Waals surface area contributed by atoms with E-state index in [1.165, 1.54) is 17.4 Å². The summed E-state index contributed by atoms with van der Waals surface area (Å²) in [5, 5.41) is 3.54. The minimum Gasteiger partial charge on any atom is -0.279 e. The van der Waals surface area contributed by atoms with Gasteiger partial charge in [0, 0.05) is 5.38 Å². The molecule has 2 aromatic heterocycles. The SMILES string of the molecule is O=S(=O)(Nc1ccsc1)c1cccc2nsnc12. The van der Waals surface area contributed by atoms with Gasteiger partial charge in [-0.25, -0.2) is 8.42 Å². The lowest BCUT2D eigenvalue weighted by Crippen LogP contribution is -2.12. The molecule has 1 N–H and O–H groups in total. The van der Waals surface area contributed by atoms with Gasteiger partial charge in [-0.2, -0.15) is 20.1 Å². The average molecular weight is 297 g/mol. The summed E-state index contributed by atoms with van der Waals surface area (Å²) in [6, 6.07) is 6.63. The molecule has 0 atom stereocenters. The minimum atomic E-state index is -3.62. The van der Waals surface area contributed by atoms with E-state index in [-0.39, 0.29) is 4.90 Å². The second kappa shape index (κ2) is 4.30. The summed E-state index contributed by atoms with van der Waals surface area (Å²) >= 11 is 2.43. The third-order valence-electron chi connectivity index (χ3n) is 2.31. The molecule has 0 bridgehead atoms. The molecule has 0 aliphatic heterocycles. The molecule has 18 heavy (non-hydrogen) atoms. The highest BCUT2D eigenvalue weighted by Gasteiger charge is 2.19. The van der Waals surface area contributed by atoms with Crippen molar-refractivity contribution in [2.24, 2.45) is 0 Å². The number of thiophene rings is 1. The van der Waals surface area contributed by atoms with E-state index in [1.807, 2.05) is 5.38 Å². The fraction of sp³-hybridized carbons (Fsp3) is 0. The van der Waals surface area contributed by atoms with E-state index in [9.17, 15) is 8.42 Å². The van der Waals surface area contributed by atoms with Gasteiger partial charge in [0.25, 0.3) is 10.0 Å². The zero-order chi connectivity index (χ0) is 12.6. The fourth-order valence-electron chi connectivity index (χ4n) is 1.53. The van der Waals surface area contributed by atoms with E-state index in [2.05, 4.69) is 13.5 Å². The van der Waals surface area contributed by atoms with Gasteiger partial charge in [-0.15, -0.1) is 0 Å². The van der Waals surface area contributed by atoms with Crippen LogP contribution in [0.2, 0.25) is 0 Å². The first kappa shape index (κ1) is 11.6. The summed E-state index contributed by atoms with van der Waals surface area (Å²) in [5.74, 6) is 0. The predicted molar refractivity (Wildman–Crippen MR) is 72.5 cm³/mol. The Hall–Kier alpha value is -1.51. The smallest absolute Gasteiger partial charge is 0.264 e. The van der Waals surface area contributed by atoms with E-state index in [0.29, 0.717) is 16.7 Å². The Balaban J connectivity index is 2.11. The van der Waals surface area contributed by atoms with Crippen LogP contribution in [0.4, 0.5) is 5.69 Å². The van der Waals surface area contributed by atoms with Crippen LogP contribution in [0, 0.1) is 0 Å². The van der Waals surface area contributed by atoms with E-state index < -0.39 is 10.0 Å². The molecule has 0 aliphatic rings. The lowest BCUT2D eigenvalue weighted by atomic mass is 10.3. The van der Waals surface area contributed by atoms with Crippen LogP contribution in [0.25, 0.3) is 11.0 Å². The van der Waals surface area contributed by atoms with Crippen molar-refractivity contribution in [3.8, 4) is 0 Å². The summed E-state index contributed by atoms with van der Waals surface area (Å²) < 4.78 is 35.1. The molecule has 1 aromatic carbocycles. The zero-order valence-electron chi connectivity index (χ0n) is 8.90. The summed E-state index contributed by atoms with van der Waals surface area (Å²) in [6.07, 6.45) is 0. The standard InChI is InChI=1S/C10H7N3O2S3/c14-18(15,13-7-4-5-16-6-7)9-3-1-2-8-10(9)12-17-11-8/h1-6,13H. The maximum Gasteiger partial charge on any atom is 0.264 e. The first-order valence-corrected chi connectivity index (χ1v) is 8.09. The van der Waals surface area contributed by atoms with E-state index >= 15 is 0 Å². The number of benzene rings is 1. The number of hydrogen-bond acceptors (Lipinski definition) is 6. The van der Waals surface area contributed by atoms with Gasteiger partial charge in [-0.3, -0.25) is 4.72 Å². The number of anilines is 1. The van der Waals surface area contributed by atoms with Crippen LogP contribution in [0.5, 0.6) is 0 Å². The molecule has 92 valence electrons. The summed E-state index contributed by atoms with van der Waals surface area (Å²) in [4.78, 5) is 0.153. The van der Waals surface area contributed by atoms with Gasteiger partial charge in [0.1, 0.15) is 15.9 Å². The largest absolute Gasteiger partial charge is 0.279 e. The highest BCUT2D eigenvalue weighted by Crippen LogP contribution is 2.24. The Morgan fingerprint density at radius 1 is 1.17 bits per heavy atom. The number of aromatic nitrogens is 2. The normalized spacial score (nSPS) is 11.8. The lowest BCUT2D eigenvalue weighted by molar-refractivity contribution is 0.602. The summed E-state index contributed by atoms with van der Waals surface area (Å²) in [6.45, 7) is 0. The topological polar surface area (TPSA) is 72.0 Å². The molecular weight excluding hydrogens is 290 g/mol. The van der Waals surface area contributed by atoms with Gasteiger partial charge in [-0.1, -0.05) is 6.07 Å². The Morgan fingerprint density at radius 2 is 2.06 bits per heavy atom. The van der Waals surface area contributed by atoms with Gasteiger partial charge in [0.05, 0.1) is 17.4 Å². The van der Waals surface area contributed by atoms with E-state index in [4.69, 9.17) is 0 Å². The second-order valence-electron chi connectivity index (χ2n) is 3.51. The van der Waals surface area contributed by atoms with Crippen LogP contribution < -0.4 is 4.72 Å². The first-order valence-electron chi connectivity index (χ1n) is 4.93. The Bertz CT molecular complexity index is 778. The van der Waals surface area contributed by atoms with Crippen molar-refractivity contribution < 1.29 is 8.42 Å². The van der Waals surface area contributed by atoms with Crippen molar-refractivity contribution >= 4 is 49.8 Å². The van der Waals surface area contributed by atoms with Gasteiger partial charge >= 0.3 is 0 Å². The van der Waals surface area contributed by atoms with Crippen LogP contribution in [0.15, 0.2) is 39.9 Å². The molecule has 0 radical (unpaired) electrons. The van der Waals surface area contributed by atoms with Crippen molar-refractivity contribution in [3.05, 3.63) is 35.0 Å². The van der Waals surface area contributed by atoms with Crippen molar-refractivity contribution in [2.75, 3.05) is 4.72 Å². The van der Waals surface area contributed by atoms with Crippen molar-refractivity contribution in [1.29, 1.82) is 0 Å². The van der Waals surface area contributed by atoms with Gasteiger partial charge in [0.2, 0.25) is 0 Å². The molecule has 0 amide bonds. The second-order valence-corrected chi connectivity index (χ2v) is 6.46. The van der Waals surface area contributed by atoms with Crippen LogP contribution in [-0.4, -0.2) is 17.2 Å². The number of fused-ring (bicyclic) bond motifs is 1. The number of rotatable bonds is 3. The van der Waals surface area contributed by atoms with Gasteiger partial charge in [-0.05, 0) is 23.6 Å². The monoisotopic (exact) mass is 297 g/mol. The minimum absolute atomic E-state index is 0.153. The fourth-order valence-corrected chi connectivity index (χ4v) is 4.01. The maximum atomic E-state index is 12.2. The number of sulfonamides is 1. The molecule has 0 saturated carbocycles. The number of nitrogens with one attached hydrogen (secondary N) is 1. The molecule has 5 nitrogen and oxygen atoms in total. The summed E-state index contributed by atoms with van der Waals surface area (Å²) in [5.41, 5.74) is 1.55. The molecule has 2 heterocycles. The van der Waals surface area contributed by atoms with Gasteiger partial charge in [0.15, 0.2) is 0 Å². The Kier molecular flexibility index (Phi) is 2.77. The average Bonchev–Trinajstić information content (AvgIpc) is 2.97. The zero-order valence-corrected chi connectivity index (χ0v) is 11.3. The molecule has 0 saturated heterocycles. The quantitative estimate of drug-likeness (QED) is 0.806. The van der Waals surface area contributed by atoms with Crippen LogP contribution in [0.1, 0.15) is 0 Å². The molecule has 8 heteroatoms. The molecular formula is C10H7N3O2S3. The highest BCUT2D eigenvalue weighted by atomic mass is 32.2. The maximum absolute atomic E-state index is 12.2. The summed E-state index contributed by atoms with van der Waals surface area (Å²) in [7, 11) is -3.62. The van der Waals surface area contributed by atoms with Crippen molar-refractivity contribution in [2.45, 2.75) is 4.90 Å². The van der Waals surface area contributed by atoms with Crippen LogP contribution >= 0.6 is 23.1 Å². The Labute approximate surface area is 111 Å². The molecule has 3 rings (SSSR count). The lowest BCUT2D eigenvalue weighted by Gasteiger charge is -2.06. The number of nitrogens with zero attached hydrogens (tertiary/aromatic N) is 2. The van der Waals surface area contributed by atoms with Crippen molar-refractivity contribution in [1.82, 2.24) is 8.75 Å². The Morgan fingerprint density at radius 3 is 2.83 bits per heavy atom. The van der Waals surface area contributed by atoms with Crippen LogP contribution in [-0.2, 0) is 10.0 Å². The molecule has 0 fully saturated rings. The third-order valence-corrected chi connectivity index (χ3v) is 4.95. The van der Waals surface area contributed by atoms with E-state index in [0.717, 1.165) is 11.7 Å². The van der Waals surface area contributed by atoms with E-state index in [1.54, 1.807) is 23.6 Å². The first-order chi connectivity index (χ1) is 8.67. The van der Waals surface area contributed by atoms with Crippen molar-refractivity contribution in [3.63, 3.8) is 0 Å². The highest BCUT2D eigenvalue weighted by molar-refractivity contribution is 7.93.